The van der Waals surface area contributed by atoms with Crippen molar-refractivity contribution in [3.8, 4) is 0 Å². The fourth-order valence-electron chi connectivity index (χ4n) is 14.1. The first-order valence-electron chi connectivity index (χ1n) is 51.1. The zero-order valence-electron chi connectivity index (χ0n) is 88.0. The minimum atomic E-state index is -5.43. The Kier molecular flexibility index (Phi) is 93.4. The van der Waals surface area contributed by atoms with Gasteiger partial charge in [-0.2, -0.15) is 0 Å². The van der Waals surface area contributed by atoms with Crippen LogP contribution in [-0.4, -0.2) is 418 Å². The highest BCUT2D eigenvalue weighted by Crippen LogP contribution is 2.68. The van der Waals surface area contributed by atoms with E-state index >= 15 is 0 Å². The number of nitrogens with one attached hydrogen (secondary N) is 1. The molecule has 0 aliphatic carbocycles. The quantitative estimate of drug-likeness (QED) is 0.0167. The minimum Gasteiger partial charge on any atom is -0.461 e. The summed E-state index contributed by atoms with van der Waals surface area (Å²) in [5, 5.41) is 63.3. The number of hydrogen-bond donors (Lipinski definition) is 12. The van der Waals surface area contributed by atoms with Crippen LogP contribution < -0.4 is 5.32 Å². The maximum atomic E-state index is 13.7. The fraction of sp³-hybridized carbons (Fsp3) is 0.851. The monoisotopic (exact) mass is 2120 g/mol. The summed E-state index contributed by atoms with van der Waals surface area (Å²) in [6.07, 6.45) is 15.4. The maximum absolute atomic E-state index is 13.7. The van der Waals surface area contributed by atoms with Crippen molar-refractivity contribution in [2.75, 3.05) is 340 Å². The van der Waals surface area contributed by atoms with Crippen LogP contribution in [0.15, 0.2) is 60.7 Å². The molecule has 144 heavy (non-hydrogen) atoms. The van der Waals surface area contributed by atoms with Crippen LogP contribution in [0.3, 0.4) is 0 Å². The second-order valence-electron chi connectivity index (χ2n) is 36.0. The number of amides is 1. The van der Waals surface area contributed by atoms with E-state index in [1.54, 1.807) is 42.7 Å². The number of unbranched alkanes of at least 4 members (excludes halogenated alkanes) is 4. The Bertz CT molecular complexity index is 3140. The first kappa shape index (κ1) is 140. The Morgan fingerprint density at radius 3 is 0.694 bits per heavy atom. The van der Waals surface area contributed by atoms with E-state index in [2.05, 4.69) is 5.32 Å². The number of carbonyl (C=O) groups is 3. The van der Waals surface area contributed by atoms with Gasteiger partial charge >= 0.3 is 27.1 Å². The molecule has 2 unspecified atom stereocenters. The Hall–Kier alpha value is -4.01. The molecule has 0 bridgehead atoms. The topological polar surface area (TPSA) is 541 Å². The van der Waals surface area contributed by atoms with E-state index in [9.17, 15) is 59.3 Å². The van der Waals surface area contributed by atoms with Gasteiger partial charge in [0.25, 0.3) is 5.08 Å². The molecule has 2 aromatic rings. The van der Waals surface area contributed by atoms with Gasteiger partial charge in [0.05, 0.1) is 139 Å². The summed E-state index contributed by atoms with van der Waals surface area (Å²) >= 11 is 0. The molecule has 2 aromatic carbocycles. The number of rotatable bonds is 105. The normalized spacial score (nSPS) is 12.7. The highest BCUT2D eigenvalue weighted by atomic mass is 31.2. The number of methoxy groups -OCH3 is 6. The third-order valence-electron chi connectivity index (χ3n) is 22.3. The first-order chi connectivity index (χ1) is 69.8. The molecule has 2 atom stereocenters. The van der Waals surface area contributed by atoms with Crippen LogP contribution in [0.4, 0.5) is 0 Å². The van der Waals surface area contributed by atoms with Crippen LogP contribution in [-0.2, 0) is 150 Å². The molecule has 0 saturated heterocycles. The molecule has 0 heterocycles. The van der Waals surface area contributed by atoms with Crippen molar-refractivity contribution in [2.45, 2.75) is 186 Å². The molecule has 0 spiro atoms. The molecule has 0 aromatic heterocycles. The molecule has 0 aliphatic heterocycles. The summed E-state index contributed by atoms with van der Waals surface area (Å²) in [5.74, 6) is -1.66. The van der Waals surface area contributed by atoms with Gasteiger partial charge in [-0.1, -0.05) is 73.5 Å². The van der Waals surface area contributed by atoms with E-state index in [-0.39, 0.29) is 116 Å². The van der Waals surface area contributed by atoms with Gasteiger partial charge in [0.2, 0.25) is 5.91 Å². The maximum Gasteiger partial charge on any atom is 0.369 e. The van der Waals surface area contributed by atoms with Gasteiger partial charge in [-0.05, 0) is 152 Å². The largest absolute Gasteiger partial charge is 0.461 e. The number of esters is 2. The summed E-state index contributed by atoms with van der Waals surface area (Å²) in [5.41, 5.74) is -0.433. The molecule has 0 saturated carbocycles. The van der Waals surface area contributed by atoms with Crippen LogP contribution in [0.2, 0.25) is 0 Å². The predicted molar refractivity (Wildman–Crippen MR) is 539 cm³/mol. The number of ether oxygens (including phenoxy) is 24. The SMILES string of the molecule is CC(=O)NCCC(O)(P(=O)(O)O)P(=O)(O)O.COCCCCOCC(COCCCOC)(COCCCOC)COCCCC(CCCCOCC(COCCCOC)(COCCCOC)COCCCOC)C(=O)OCc1ccccc1.O=C(OCc1ccccc1)C(CCCCOCC(COCCCO)(COCCCO)COCCCO)CCCOCC(COCCCO)(COCCCO)COCCCCO. The lowest BCUT2D eigenvalue weighted by molar-refractivity contribution is -0.151. The number of benzene rings is 2. The third kappa shape index (κ3) is 75.7. The van der Waals surface area contributed by atoms with Crippen molar-refractivity contribution in [3.63, 3.8) is 0 Å². The van der Waals surface area contributed by atoms with Crippen LogP contribution in [0.5, 0.6) is 0 Å². The number of hydrogen-bond acceptors (Lipinski definition) is 36. The highest BCUT2D eigenvalue weighted by Gasteiger charge is 2.59. The standard InChI is InChI=1S/C51H94O16.C45H82O16.C5H13NO8P2/c1-53-24-12-13-31-60-40-50(42-62-33-15-25-54-2,43-63-34-16-26-55-3)41-61-32-14-23-48(49(52)67-38-47-20-8-7-9-21-47)22-10-11-30-59-39-51(44-64-35-17-27-56-4,45-65-36-18-28-57-5)46-66-37-19-29-58-6;46-18-5-7-25-54-34-44(36-56-27-9-19-47,37-57-28-10-20-48)35-55-26-8-17-42(43(52)61-32-41-14-2-1-3-15-41)16-4-6-24-53-33-45(38-58-29-11-21-49,39-59-30-12-22-50)40-60-31-13-23-51;1-4(7)6-3-2-5(8,15(9,10)11)16(12,13)14/h7-9,20-21,48H,10-19,22-46H2,1-6H3;1-3,14-15,42,46-51H,4-13,16-40H2;8H,2-3H2,1H3,(H,6,7)(H2,9,10,11)(H2,12,13,14). The molecule has 12 N–H and O–H groups in total. The van der Waals surface area contributed by atoms with Crippen molar-refractivity contribution in [2.24, 2.45) is 33.5 Å². The van der Waals surface area contributed by atoms with Crippen LogP contribution in [0.1, 0.15) is 179 Å². The Labute approximate surface area is 857 Å². The van der Waals surface area contributed by atoms with Crippen molar-refractivity contribution in [1.29, 1.82) is 0 Å². The van der Waals surface area contributed by atoms with Crippen LogP contribution in [0, 0.1) is 33.5 Å². The zero-order chi connectivity index (χ0) is 106. The molecule has 0 aliphatic rings. The summed E-state index contributed by atoms with van der Waals surface area (Å²) in [7, 11) is -0.700. The van der Waals surface area contributed by atoms with Gasteiger partial charge in [0, 0.05) is 248 Å². The van der Waals surface area contributed by atoms with Gasteiger partial charge in [-0.3, -0.25) is 23.5 Å². The molecular formula is C101H189NO40P2. The van der Waals surface area contributed by atoms with E-state index in [0.29, 0.717) is 301 Å². The van der Waals surface area contributed by atoms with E-state index in [1.807, 2.05) is 60.7 Å². The second-order valence-corrected chi connectivity index (χ2v) is 40.0. The molecule has 0 radical (unpaired) electrons. The van der Waals surface area contributed by atoms with Crippen LogP contribution in [0.25, 0.3) is 0 Å². The third-order valence-corrected chi connectivity index (χ3v) is 26.2. The molecule has 0 fully saturated rings. The zero-order valence-corrected chi connectivity index (χ0v) is 89.8. The van der Waals surface area contributed by atoms with Gasteiger partial charge in [0.1, 0.15) is 13.2 Å². The Morgan fingerprint density at radius 2 is 0.472 bits per heavy atom. The molecule has 1 amide bonds. The van der Waals surface area contributed by atoms with E-state index in [1.165, 1.54) is 0 Å². The summed E-state index contributed by atoms with van der Waals surface area (Å²) in [6.45, 7) is 18.2. The first-order valence-corrected chi connectivity index (χ1v) is 54.3. The highest BCUT2D eigenvalue weighted by molar-refractivity contribution is 7.72. The minimum absolute atomic E-state index is 0.0172. The average molecular weight is 2120 g/mol. The average Bonchev–Trinajstić information content (AvgIpc) is 0.772. The van der Waals surface area contributed by atoms with Gasteiger partial charge in [-0.15, -0.1) is 0 Å². The molecule has 41 nitrogen and oxygen atoms in total. The van der Waals surface area contributed by atoms with Gasteiger partial charge in [-0.25, -0.2) is 0 Å². The lowest BCUT2D eigenvalue weighted by Crippen LogP contribution is -2.42. The smallest absolute Gasteiger partial charge is 0.369 e. The van der Waals surface area contributed by atoms with E-state index in [4.69, 9.17) is 133 Å². The number of aliphatic hydroxyl groups excluding tert-OH is 6. The second kappa shape index (κ2) is 96.1. The molecular weight excluding hydrogens is 1930 g/mol. The van der Waals surface area contributed by atoms with Crippen molar-refractivity contribution in [1.82, 2.24) is 5.32 Å². The van der Waals surface area contributed by atoms with E-state index in [0.717, 1.165) is 82.3 Å². The summed E-state index contributed by atoms with van der Waals surface area (Å²) < 4.78 is 162. The van der Waals surface area contributed by atoms with Crippen LogP contribution >= 0.6 is 15.2 Å². The van der Waals surface area contributed by atoms with Gasteiger partial charge < -0.3 is 174 Å². The van der Waals surface area contributed by atoms with Gasteiger partial charge in [0.15, 0.2) is 0 Å². The molecule has 2 rings (SSSR count). The Balaban J connectivity index is 0.00000246. The van der Waals surface area contributed by atoms with Crippen molar-refractivity contribution >= 4 is 33.0 Å². The van der Waals surface area contributed by atoms with Crippen molar-refractivity contribution < 1.29 is 193 Å². The summed E-state index contributed by atoms with van der Waals surface area (Å²) in [4.78, 5) is 72.4. The molecule has 43 heteroatoms. The summed E-state index contributed by atoms with van der Waals surface area (Å²) in [6, 6.07) is 19.4. The Morgan fingerprint density at radius 1 is 0.278 bits per heavy atom. The lowest BCUT2D eigenvalue weighted by atomic mass is 9.92. The molecule has 848 valence electrons. The lowest BCUT2D eigenvalue weighted by Gasteiger charge is -2.33. The fourth-order valence-corrected chi connectivity index (χ4v) is 16.3. The predicted octanol–water partition coefficient (Wildman–Crippen LogP) is 8.61. The van der Waals surface area contributed by atoms with Crippen molar-refractivity contribution in [3.05, 3.63) is 71.8 Å². The number of aliphatic hydroxyl groups is 7. The number of carbonyl (C=O) groups excluding carboxylic acids is 3. The van der Waals surface area contributed by atoms with E-state index < -0.39 is 60.8 Å².